The fourth-order valence-corrected chi connectivity index (χ4v) is 5.32. The second-order valence-electron chi connectivity index (χ2n) is 9.93. The van der Waals surface area contributed by atoms with Crippen molar-refractivity contribution in [1.82, 2.24) is 24.5 Å². The predicted octanol–water partition coefficient (Wildman–Crippen LogP) is 3.75. The number of carbonyl (C=O) groups excluding carboxylic acids is 1. The second-order valence-corrected chi connectivity index (χ2v) is 9.93. The number of piperidine rings is 1. The molecule has 0 saturated carbocycles. The van der Waals surface area contributed by atoms with Gasteiger partial charge < -0.3 is 20.9 Å². The molecule has 1 aliphatic heterocycles. The number of nitrogens with zero attached hydrogens (tertiary/aromatic N) is 6. The van der Waals surface area contributed by atoms with Crippen LogP contribution in [0.5, 0.6) is 0 Å². The van der Waals surface area contributed by atoms with E-state index in [4.69, 9.17) is 5.73 Å². The molecule has 0 radical (unpaired) electrons. The molecule has 9 nitrogen and oxygen atoms in total. The van der Waals surface area contributed by atoms with Gasteiger partial charge in [0.1, 0.15) is 11.6 Å². The Bertz CT molecular complexity index is 1470. The number of aryl methyl sites for hydroxylation is 1. The molecule has 3 N–H and O–H groups in total. The van der Waals surface area contributed by atoms with Crippen LogP contribution in [0.3, 0.4) is 0 Å². The van der Waals surface area contributed by atoms with Gasteiger partial charge in [-0.2, -0.15) is 9.61 Å². The highest BCUT2D eigenvalue weighted by atomic mass is 19.1. The maximum Gasteiger partial charge on any atom is 0.229 e. The molecule has 38 heavy (non-hydrogen) atoms. The molecule has 3 unspecified atom stereocenters. The van der Waals surface area contributed by atoms with Gasteiger partial charge in [-0.3, -0.25) is 9.78 Å². The summed E-state index contributed by atoms with van der Waals surface area (Å²) in [4.78, 5) is 24.6. The molecule has 3 aromatic heterocycles. The molecule has 4 aromatic rings. The lowest BCUT2D eigenvalue weighted by Gasteiger charge is -2.46. The number of nitrogens with two attached hydrogens (primary N) is 1. The fourth-order valence-electron chi connectivity index (χ4n) is 5.32. The van der Waals surface area contributed by atoms with Crippen molar-refractivity contribution >= 4 is 28.7 Å². The van der Waals surface area contributed by atoms with Crippen LogP contribution in [0, 0.1) is 24.5 Å². The first-order valence-electron chi connectivity index (χ1n) is 12.4. The average Bonchev–Trinajstić information content (AvgIpc) is 3.25. The molecule has 1 aliphatic rings. The summed E-state index contributed by atoms with van der Waals surface area (Å²) in [5.74, 6) is -0.872. The van der Waals surface area contributed by atoms with Crippen molar-refractivity contribution in [3.8, 4) is 11.3 Å². The smallest absolute Gasteiger partial charge is 0.229 e. The van der Waals surface area contributed by atoms with E-state index in [2.05, 4.69) is 32.2 Å². The average molecular weight is 521 g/mol. The summed E-state index contributed by atoms with van der Waals surface area (Å²) < 4.78 is 30.8. The summed E-state index contributed by atoms with van der Waals surface area (Å²) in [5.41, 5.74) is 9.19. The largest absolute Gasteiger partial charge is 0.368 e. The molecule has 1 amide bonds. The third kappa shape index (κ3) is 4.65. The summed E-state index contributed by atoms with van der Waals surface area (Å²) in [6.07, 6.45) is 5.01. The molecule has 1 aromatic carbocycles. The molecular formula is C27H30F2N8O. The van der Waals surface area contributed by atoms with Crippen LogP contribution in [0.15, 0.2) is 48.9 Å². The molecule has 1 saturated heterocycles. The van der Waals surface area contributed by atoms with Crippen LogP contribution < -0.4 is 16.0 Å². The lowest BCUT2D eigenvalue weighted by Crippen LogP contribution is -2.62. The maximum absolute atomic E-state index is 14.6. The van der Waals surface area contributed by atoms with E-state index in [1.165, 1.54) is 16.6 Å². The highest BCUT2D eigenvalue weighted by Gasteiger charge is 2.36. The van der Waals surface area contributed by atoms with Gasteiger partial charge in [-0.15, -0.1) is 0 Å². The first-order valence-corrected chi connectivity index (χ1v) is 12.4. The number of carbonyl (C=O) groups is 1. The highest BCUT2D eigenvalue weighted by Crippen LogP contribution is 2.33. The van der Waals surface area contributed by atoms with Crippen molar-refractivity contribution in [3.63, 3.8) is 0 Å². The number of rotatable bonds is 5. The van der Waals surface area contributed by atoms with E-state index in [9.17, 15) is 13.6 Å². The summed E-state index contributed by atoms with van der Waals surface area (Å²) in [6, 6.07) is 7.42. The van der Waals surface area contributed by atoms with E-state index in [1.807, 2.05) is 6.07 Å². The Hall–Kier alpha value is -4.12. The van der Waals surface area contributed by atoms with Gasteiger partial charge >= 0.3 is 0 Å². The van der Waals surface area contributed by atoms with Crippen molar-refractivity contribution in [3.05, 3.63) is 66.1 Å². The van der Waals surface area contributed by atoms with Gasteiger partial charge in [0.15, 0.2) is 0 Å². The van der Waals surface area contributed by atoms with Crippen molar-refractivity contribution in [2.75, 3.05) is 30.4 Å². The normalized spacial score (nSPS) is 19.6. The number of fused-ring (bicyclic) bond motifs is 1. The molecule has 4 heterocycles. The monoisotopic (exact) mass is 520 g/mol. The summed E-state index contributed by atoms with van der Waals surface area (Å²) in [6.45, 7) is 6.49. The number of nitrogens with one attached hydrogen (secondary N) is 1. The SMILES string of the molecule is CC(=O)N(C)C1C(C)CN(c2ccncc2Nc2ncc3ccc(-c4c(F)cc(C)cc4F)nn23)CC1N. The Labute approximate surface area is 219 Å². The van der Waals surface area contributed by atoms with Gasteiger partial charge in [0, 0.05) is 39.3 Å². The van der Waals surface area contributed by atoms with E-state index in [0.717, 1.165) is 5.69 Å². The third-order valence-electron chi connectivity index (χ3n) is 7.12. The summed E-state index contributed by atoms with van der Waals surface area (Å²) in [5, 5.41) is 7.77. The molecule has 5 rings (SSSR count). The van der Waals surface area contributed by atoms with Crippen LogP contribution in [-0.4, -0.2) is 62.6 Å². The number of aromatic nitrogens is 4. The number of amides is 1. The zero-order valence-corrected chi connectivity index (χ0v) is 21.7. The Morgan fingerprint density at radius 2 is 1.89 bits per heavy atom. The van der Waals surface area contributed by atoms with E-state index >= 15 is 0 Å². The molecule has 1 fully saturated rings. The number of likely N-dealkylation sites (N-methyl/N-ethyl adjacent to an activating group) is 1. The predicted molar refractivity (Wildman–Crippen MR) is 142 cm³/mol. The second kappa shape index (κ2) is 9.97. The molecule has 0 spiro atoms. The zero-order chi connectivity index (χ0) is 27.1. The Balaban J connectivity index is 1.46. The number of pyridine rings is 1. The molecule has 198 valence electrons. The third-order valence-corrected chi connectivity index (χ3v) is 7.12. The van der Waals surface area contributed by atoms with E-state index in [-0.39, 0.29) is 35.2 Å². The molecule has 0 aliphatic carbocycles. The maximum atomic E-state index is 14.6. The van der Waals surface area contributed by atoms with Crippen LogP contribution in [0.4, 0.5) is 26.1 Å². The van der Waals surface area contributed by atoms with Crippen molar-refractivity contribution in [1.29, 1.82) is 0 Å². The molecule has 11 heteroatoms. The van der Waals surface area contributed by atoms with Gasteiger partial charge in [-0.25, -0.2) is 13.8 Å². The molecule has 0 bridgehead atoms. The van der Waals surface area contributed by atoms with Gasteiger partial charge in [-0.1, -0.05) is 6.92 Å². The quantitative estimate of drug-likeness (QED) is 0.413. The van der Waals surface area contributed by atoms with Gasteiger partial charge in [0.05, 0.1) is 46.6 Å². The number of hydrogen-bond acceptors (Lipinski definition) is 7. The number of hydrogen-bond donors (Lipinski definition) is 2. The van der Waals surface area contributed by atoms with Crippen LogP contribution in [-0.2, 0) is 4.79 Å². The summed E-state index contributed by atoms with van der Waals surface area (Å²) in [7, 11) is 1.79. The lowest BCUT2D eigenvalue weighted by molar-refractivity contribution is -0.131. The zero-order valence-electron chi connectivity index (χ0n) is 21.7. The number of anilines is 3. The van der Waals surface area contributed by atoms with Crippen LogP contribution in [0.2, 0.25) is 0 Å². The van der Waals surface area contributed by atoms with E-state index in [0.29, 0.717) is 35.8 Å². The first kappa shape index (κ1) is 25.5. The van der Waals surface area contributed by atoms with E-state index in [1.54, 1.807) is 56.5 Å². The Kier molecular flexibility index (Phi) is 6.70. The Morgan fingerprint density at radius 3 is 2.58 bits per heavy atom. The minimum Gasteiger partial charge on any atom is -0.368 e. The van der Waals surface area contributed by atoms with Gasteiger partial charge in [0.25, 0.3) is 0 Å². The van der Waals surface area contributed by atoms with E-state index < -0.39 is 11.6 Å². The minimum atomic E-state index is -0.678. The van der Waals surface area contributed by atoms with Crippen molar-refractivity contribution in [2.45, 2.75) is 32.9 Å². The lowest BCUT2D eigenvalue weighted by atomic mass is 9.88. The standard InChI is InChI=1S/C27H30F2N8O/c1-15-9-19(28)25(20(29)10-15)22-6-5-18-11-32-27(37(18)34-22)33-23-12-31-8-7-24(23)36-13-16(2)26(21(30)14-36)35(4)17(3)38/h5-12,16,21,26H,13-14,30H2,1-4H3,(H,32,33). The van der Waals surface area contributed by atoms with Crippen LogP contribution in [0.25, 0.3) is 16.8 Å². The number of benzene rings is 1. The van der Waals surface area contributed by atoms with Crippen molar-refractivity contribution < 1.29 is 13.6 Å². The van der Waals surface area contributed by atoms with Crippen molar-refractivity contribution in [2.24, 2.45) is 11.7 Å². The van der Waals surface area contributed by atoms with Gasteiger partial charge in [0.2, 0.25) is 11.9 Å². The molecular weight excluding hydrogens is 490 g/mol. The Morgan fingerprint density at radius 1 is 1.16 bits per heavy atom. The first-order chi connectivity index (χ1) is 18.1. The topological polar surface area (TPSA) is 105 Å². The van der Waals surface area contributed by atoms with Gasteiger partial charge in [-0.05, 0) is 48.7 Å². The number of imidazole rings is 1. The van der Waals surface area contributed by atoms with Crippen LogP contribution >= 0.6 is 0 Å². The number of halogens is 2. The fraction of sp³-hybridized carbons (Fsp3) is 0.333. The molecule has 3 atom stereocenters. The summed E-state index contributed by atoms with van der Waals surface area (Å²) >= 11 is 0. The highest BCUT2D eigenvalue weighted by molar-refractivity contribution is 5.75. The van der Waals surface area contributed by atoms with Crippen LogP contribution in [0.1, 0.15) is 19.4 Å². The minimum absolute atomic E-state index is 0.0135.